The Hall–Kier alpha value is -1.77. The van der Waals surface area contributed by atoms with Crippen LogP contribution in [0, 0.1) is 3.57 Å². The van der Waals surface area contributed by atoms with E-state index in [0.717, 1.165) is 33.7 Å². The van der Waals surface area contributed by atoms with Gasteiger partial charge in [-0.25, -0.2) is 9.67 Å². The van der Waals surface area contributed by atoms with Crippen LogP contribution in [0.15, 0.2) is 36.8 Å². The van der Waals surface area contributed by atoms with E-state index in [1.165, 1.54) is 0 Å². The van der Waals surface area contributed by atoms with Crippen molar-refractivity contribution in [3.05, 3.63) is 40.4 Å². The van der Waals surface area contributed by atoms with E-state index in [4.69, 9.17) is 0 Å². The highest BCUT2D eigenvalue weighted by Gasteiger charge is 2.09. The molecule has 0 atom stereocenters. The molecule has 0 unspecified atom stereocenters. The largest absolute Gasteiger partial charge is 0.252 e. The minimum absolute atomic E-state index is 0.780. The van der Waals surface area contributed by atoms with Crippen molar-refractivity contribution in [3.8, 4) is 17.2 Å². The van der Waals surface area contributed by atoms with E-state index < -0.39 is 0 Å². The van der Waals surface area contributed by atoms with Gasteiger partial charge in [0, 0.05) is 22.5 Å². The van der Waals surface area contributed by atoms with Crippen molar-refractivity contribution >= 4 is 22.6 Å². The van der Waals surface area contributed by atoms with Crippen molar-refractivity contribution in [3.63, 3.8) is 0 Å². The van der Waals surface area contributed by atoms with E-state index in [0.29, 0.717) is 0 Å². The maximum Gasteiger partial charge on any atom is 0.155 e. The summed E-state index contributed by atoms with van der Waals surface area (Å²) < 4.78 is 4.66. The summed E-state index contributed by atoms with van der Waals surface area (Å²) in [6.07, 6.45) is 6.56. The third kappa shape index (κ3) is 2.72. The summed E-state index contributed by atoms with van der Waals surface area (Å²) in [7, 11) is 0. The molecule has 0 fully saturated rings. The molecule has 0 radical (unpaired) electrons. The van der Waals surface area contributed by atoms with Crippen LogP contribution in [0.4, 0.5) is 0 Å². The van der Waals surface area contributed by atoms with Gasteiger partial charge in [-0.2, -0.15) is 5.10 Å². The molecule has 0 aliphatic carbocycles. The Kier molecular flexibility index (Phi) is 3.77. The summed E-state index contributed by atoms with van der Waals surface area (Å²) in [6, 6.07) is 5.85. The van der Waals surface area contributed by atoms with E-state index in [2.05, 4.69) is 49.9 Å². The molecule has 0 aliphatic heterocycles. The van der Waals surface area contributed by atoms with Gasteiger partial charge in [-0.3, -0.25) is 4.68 Å². The van der Waals surface area contributed by atoms with Crippen LogP contribution in [0.3, 0.4) is 0 Å². The van der Waals surface area contributed by atoms with Gasteiger partial charge in [-0.05, 0) is 47.2 Å². The van der Waals surface area contributed by atoms with Gasteiger partial charge in [0.25, 0.3) is 0 Å². The van der Waals surface area contributed by atoms with Crippen LogP contribution in [0.1, 0.15) is 13.3 Å². The molecule has 3 aromatic heterocycles. The van der Waals surface area contributed by atoms with Crippen LogP contribution in [-0.2, 0) is 6.54 Å². The van der Waals surface area contributed by atoms with Gasteiger partial charge in [0.15, 0.2) is 5.82 Å². The SMILES string of the molecule is CCCn1cc(-c2cc(I)cc(-n3cccn3)n2)nn1. The van der Waals surface area contributed by atoms with Crippen molar-refractivity contribution in [2.45, 2.75) is 19.9 Å². The number of nitrogens with zero attached hydrogens (tertiary/aromatic N) is 6. The van der Waals surface area contributed by atoms with Crippen LogP contribution in [0.25, 0.3) is 17.2 Å². The fraction of sp³-hybridized carbons (Fsp3) is 0.231. The lowest BCUT2D eigenvalue weighted by Crippen LogP contribution is -2.00. The third-order valence-electron chi connectivity index (χ3n) is 2.77. The Morgan fingerprint density at radius 1 is 1.25 bits per heavy atom. The quantitative estimate of drug-likeness (QED) is 0.653. The van der Waals surface area contributed by atoms with E-state index in [1.807, 2.05) is 35.3 Å². The molecule has 6 nitrogen and oxygen atoms in total. The average Bonchev–Trinajstić information content (AvgIpc) is 3.09. The second kappa shape index (κ2) is 5.70. The monoisotopic (exact) mass is 380 g/mol. The van der Waals surface area contributed by atoms with Gasteiger partial charge >= 0.3 is 0 Å². The predicted octanol–water partition coefficient (Wildman–Crippen LogP) is 2.54. The van der Waals surface area contributed by atoms with E-state index in [9.17, 15) is 0 Å². The molecule has 0 spiro atoms. The van der Waals surface area contributed by atoms with Crippen LogP contribution < -0.4 is 0 Å². The highest BCUT2D eigenvalue weighted by atomic mass is 127. The molecule has 0 N–H and O–H groups in total. The molecule has 3 aromatic rings. The Labute approximate surface area is 130 Å². The highest BCUT2D eigenvalue weighted by Crippen LogP contribution is 2.19. The van der Waals surface area contributed by atoms with Gasteiger partial charge in [-0.15, -0.1) is 5.10 Å². The summed E-state index contributed by atoms with van der Waals surface area (Å²) in [5, 5.41) is 12.5. The molecule has 0 aliphatic rings. The Balaban J connectivity index is 2.00. The molecule has 3 heterocycles. The molecular formula is C13H13IN6. The topological polar surface area (TPSA) is 61.4 Å². The van der Waals surface area contributed by atoms with Gasteiger partial charge in [0.05, 0.1) is 11.9 Å². The molecule has 3 rings (SSSR count). The second-order valence-corrected chi connectivity index (χ2v) is 5.59. The second-order valence-electron chi connectivity index (χ2n) is 4.35. The first-order valence-electron chi connectivity index (χ1n) is 6.34. The lowest BCUT2D eigenvalue weighted by Gasteiger charge is -2.04. The molecule has 0 bridgehead atoms. The molecule has 102 valence electrons. The normalized spacial score (nSPS) is 10.9. The van der Waals surface area contributed by atoms with Crippen molar-refractivity contribution in [1.29, 1.82) is 0 Å². The summed E-state index contributed by atoms with van der Waals surface area (Å²) in [5.41, 5.74) is 1.59. The number of hydrogen-bond donors (Lipinski definition) is 0. The van der Waals surface area contributed by atoms with Crippen LogP contribution in [-0.4, -0.2) is 29.8 Å². The van der Waals surface area contributed by atoms with E-state index >= 15 is 0 Å². The first-order chi connectivity index (χ1) is 9.76. The number of aryl methyl sites for hydroxylation is 1. The molecular weight excluding hydrogens is 367 g/mol. The van der Waals surface area contributed by atoms with Crippen molar-refractivity contribution in [2.24, 2.45) is 0 Å². The number of aromatic nitrogens is 6. The lowest BCUT2D eigenvalue weighted by atomic mass is 10.3. The summed E-state index contributed by atoms with van der Waals surface area (Å²) in [5.74, 6) is 0.780. The number of pyridine rings is 1. The summed E-state index contributed by atoms with van der Waals surface area (Å²) in [6.45, 7) is 2.98. The van der Waals surface area contributed by atoms with Gasteiger partial charge in [0.2, 0.25) is 0 Å². The molecule has 0 aromatic carbocycles. The summed E-state index contributed by atoms with van der Waals surface area (Å²) in [4.78, 5) is 4.60. The maximum atomic E-state index is 4.60. The lowest BCUT2D eigenvalue weighted by molar-refractivity contribution is 0.579. The zero-order valence-electron chi connectivity index (χ0n) is 10.9. The van der Waals surface area contributed by atoms with Crippen LogP contribution in [0.2, 0.25) is 0 Å². The number of rotatable bonds is 4. The molecule has 0 saturated carbocycles. The van der Waals surface area contributed by atoms with E-state index in [1.54, 1.807) is 10.9 Å². The fourth-order valence-electron chi connectivity index (χ4n) is 1.89. The third-order valence-corrected chi connectivity index (χ3v) is 3.39. The number of hydrogen-bond acceptors (Lipinski definition) is 4. The minimum Gasteiger partial charge on any atom is -0.252 e. The summed E-state index contributed by atoms with van der Waals surface area (Å²) >= 11 is 2.27. The zero-order chi connectivity index (χ0) is 13.9. The first-order valence-corrected chi connectivity index (χ1v) is 7.42. The Morgan fingerprint density at radius 2 is 2.15 bits per heavy atom. The number of halogens is 1. The predicted molar refractivity (Wildman–Crippen MR) is 83.4 cm³/mol. The fourth-order valence-corrected chi connectivity index (χ4v) is 2.46. The standard InChI is InChI=1S/C13H13IN6/c1-2-5-19-9-12(17-18-19)11-7-10(14)8-13(16-11)20-6-3-4-15-20/h3-4,6-9H,2,5H2,1H3. The Bertz CT molecular complexity index is 703. The average molecular weight is 380 g/mol. The molecule has 7 heteroatoms. The first kappa shape index (κ1) is 13.2. The molecule has 20 heavy (non-hydrogen) atoms. The van der Waals surface area contributed by atoms with Gasteiger partial charge < -0.3 is 0 Å². The van der Waals surface area contributed by atoms with Crippen molar-refractivity contribution in [1.82, 2.24) is 29.8 Å². The molecule has 0 amide bonds. The van der Waals surface area contributed by atoms with Crippen LogP contribution >= 0.6 is 22.6 Å². The Morgan fingerprint density at radius 3 is 2.90 bits per heavy atom. The van der Waals surface area contributed by atoms with E-state index in [-0.39, 0.29) is 0 Å². The van der Waals surface area contributed by atoms with Crippen molar-refractivity contribution < 1.29 is 0 Å². The van der Waals surface area contributed by atoms with Crippen molar-refractivity contribution in [2.75, 3.05) is 0 Å². The van der Waals surface area contributed by atoms with Gasteiger partial charge in [-0.1, -0.05) is 12.1 Å². The van der Waals surface area contributed by atoms with Gasteiger partial charge in [0.1, 0.15) is 5.69 Å². The zero-order valence-corrected chi connectivity index (χ0v) is 13.1. The smallest absolute Gasteiger partial charge is 0.155 e. The minimum atomic E-state index is 0.780. The van der Waals surface area contributed by atoms with Crippen LogP contribution in [0.5, 0.6) is 0 Å². The highest BCUT2D eigenvalue weighted by molar-refractivity contribution is 14.1. The maximum absolute atomic E-state index is 4.60. The molecule has 0 saturated heterocycles.